The van der Waals surface area contributed by atoms with Gasteiger partial charge in [0.05, 0.1) is 6.61 Å². The molecule has 1 aliphatic carbocycles. The lowest BCUT2D eigenvalue weighted by Crippen LogP contribution is -2.56. The van der Waals surface area contributed by atoms with Crippen LogP contribution < -0.4 is 5.32 Å². The summed E-state index contributed by atoms with van der Waals surface area (Å²) in [4.78, 5) is 12.1. The van der Waals surface area contributed by atoms with E-state index in [2.05, 4.69) is 12.2 Å². The van der Waals surface area contributed by atoms with Crippen molar-refractivity contribution in [1.82, 2.24) is 5.32 Å². The van der Waals surface area contributed by atoms with Gasteiger partial charge >= 0.3 is 0 Å². The van der Waals surface area contributed by atoms with Crippen LogP contribution in [0.15, 0.2) is 0 Å². The highest BCUT2D eigenvalue weighted by Crippen LogP contribution is 2.41. The Morgan fingerprint density at radius 2 is 2.12 bits per heavy atom. The minimum Gasteiger partial charge on any atom is -0.395 e. The summed E-state index contributed by atoms with van der Waals surface area (Å²) >= 11 is 0. The van der Waals surface area contributed by atoms with Crippen LogP contribution in [0.2, 0.25) is 0 Å². The molecule has 0 aromatic carbocycles. The second kappa shape index (κ2) is 5.83. The lowest BCUT2D eigenvalue weighted by atomic mass is 9.66. The number of rotatable bonds is 4. The van der Waals surface area contributed by atoms with Crippen molar-refractivity contribution in [3.05, 3.63) is 0 Å². The first-order chi connectivity index (χ1) is 7.91. The predicted molar refractivity (Wildman–Crippen MR) is 66.4 cm³/mol. The van der Waals surface area contributed by atoms with E-state index in [1.807, 2.05) is 13.8 Å². The Morgan fingerprint density at radius 1 is 1.47 bits per heavy atom. The molecule has 4 heteroatoms. The van der Waals surface area contributed by atoms with Gasteiger partial charge in [-0.25, -0.2) is 0 Å². The van der Waals surface area contributed by atoms with Crippen molar-refractivity contribution in [3.8, 4) is 0 Å². The first kappa shape index (κ1) is 14.5. The molecule has 0 aromatic heterocycles. The molecule has 0 saturated heterocycles. The van der Waals surface area contributed by atoms with E-state index in [0.29, 0.717) is 12.3 Å². The summed E-state index contributed by atoms with van der Waals surface area (Å²) in [5.74, 6) is 0.344. The molecule has 17 heavy (non-hydrogen) atoms. The van der Waals surface area contributed by atoms with Gasteiger partial charge in [0.25, 0.3) is 5.91 Å². The van der Waals surface area contributed by atoms with Gasteiger partial charge in [-0.15, -0.1) is 0 Å². The van der Waals surface area contributed by atoms with Crippen molar-refractivity contribution in [2.75, 3.05) is 13.2 Å². The minimum atomic E-state index is -1.26. The van der Waals surface area contributed by atoms with Crippen molar-refractivity contribution < 1.29 is 15.0 Å². The second-order valence-corrected chi connectivity index (χ2v) is 5.64. The monoisotopic (exact) mass is 243 g/mol. The van der Waals surface area contributed by atoms with Gasteiger partial charge in [-0.1, -0.05) is 27.2 Å². The molecule has 0 aliphatic heterocycles. The van der Waals surface area contributed by atoms with E-state index >= 15 is 0 Å². The fourth-order valence-electron chi connectivity index (χ4n) is 2.96. The third-order valence-corrected chi connectivity index (χ3v) is 3.84. The van der Waals surface area contributed by atoms with Crippen LogP contribution in [0.3, 0.4) is 0 Å². The third kappa shape index (κ3) is 3.19. The summed E-state index contributed by atoms with van der Waals surface area (Å²) in [6.07, 6.45) is 2.48. The molecule has 1 rings (SSSR count). The Balaban J connectivity index is 2.81. The number of carbonyl (C=O) groups excluding carboxylic acids is 1. The Kier molecular flexibility index (Phi) is 4.95. The number of aliphatic hydroxyl groups is 2. The Labute approximate surface area is 103 Å². The zero-order chi connectivity index (χ0) is 13.1. The highest BCUT2D eigenvalue weighted by atomic mass is 16.3. The zero-order valence-electron chi connectivity index (χ0n) is 11.1. The van der Waals surface area contributed by atoms with Crippen LogP contribution in [-0.2, 0) is 4.79 Å². The van der Waals surface area contributed by atoms with E-state index in [-0.39, 0.29) is 30.9 Å². The summed E-state index contributed by atoms with van der Waals surface area (Å²) in [5.41, 5.74) is -1.26. The van der Waals surface area contributed by atoms with Gasteiger partial charge in [-0.2, -0.15) is 0 Å². The molecule has 0 heterocycles. The van der Waals surface area contributed by atoms with Gasteiger partial charge in [-0.3, -0.25) is 4.79 Å². The molecule has 1 aliphatic rings. The largest absolute Gasteiger partial charge is 0.395 e. The highest BCUT2D eigenvalue weighted by Gasteiger charge is 2.48. The summed E-state index contributed by atoms with van der Waals surface area (Å²) < 4.78 is 0. The Morgan fingerprint density at radius 3 is 2.65 bits per heavy atom. The molecule has 3 N–H and O–H groups in total. The predicted octanol–water partition coefficient (Wildman–Crippen LogP) is 0.918. The van der Waals surface area contributed by atoms with Gasteiger partial charge in [-0.05, 0) is 30.6 Å². The van der Waals surface area contributed by atoms with E-state index in [9.17, 15) is 9.90 Å². The molecule has 1 fully saturated rings. The zero-order valence-corrected chi connectivity index (χ0v) is 11.1. The van der Waals surface area contributed by atoms with Crippen LogP contribution in [0.1, 0.15) is 40.0 Å². The van der Waals surface area contributed by atoms with Crippen molar-refractivity contribution in [2.45, 2.75) is 45.6 Å². The fraction of sp³-hybridized carbons (Fsp3) is 0.923. The Bertz CT molecular complexity index is 267. The third-order valence-electron chi connectivity index (χ3n) is 3.84. The summed E-state index contributed by atoms with van der Waals surface area (Å²) in [7, 11) is 0. The van der Waals surface area contributed by atoms with Crippen LogP contribution in [0, 0.1) is 17.8 Å². The molecule has 4 nitrogen and oxygen atoms in total. The SMILES string of the molecule is CC(C)[C@@H]1CC[C@@H](C)C[C@@]1(O)C(=O)NCCO. The molecule has 0 aromatic rings. The number of amides is 1. The first-order valence-corrected chi connectivity index (χ1v) is 6.53. The van der Waals surface area contributed by atoms with E-state index in [1.54, 1.807) is 0 Å². The average molecular weight is 243 g/mol. The van der Waals surface area contributed by atoms with Gasteiger partial charge in [0, 0.05) is 6.54 Å². The maximum atomic E-state index is 12.1. The van der Waals surface area contributed by atoms with E-state index in [1.165, 1.54) is 0 Å². The molecule has 0 radical (unpaired) electrons. The summed E-state index contributed by atoms with van der Waals surface area (Å²) in [6, 6.07) is 0. The Hall–Kier alpha value is -0.610. The van der Waals surface area contributed by atoms with Crippen molar-refractivity contribution in [2.24, 2.45) is 17.8 Å². The van der Waals surface area contributed by atoms with E-state index < -0.39 is 5.60 Å². The van der Waals surface area contributed by atoms with Crippen LogP contribution in [0.5, 0.6) is 0 Å². The standard InChI is InChI=1S/C13H25NO3/c1-9(2)11-5-4-10(3)8-13(11,17)12(16)14-6-7-15/h9-11,15,17H,4-8H2,1-3H3,(H,14,16)/t10-,11+,13+/m1/s1. The van der Waals surface area contributed by atoms with Crippen LogP contribution in [0.25, 0.3) is 0 Å². The topological polar surface area (TPSA) is 69.6 Å². The van der Waals surface area contributed by atoms with Gasteiger partial charge in [0.1, 0.15) is 5.60 Å². The van der Waals surface area contributed by atoms with Crippen LogP contribution in [0.4, 0.5) is 0 Å². The van der Waals surface area contributed by atoms with Gasteiger partial charge in [0.2, 0.25) is 0 Å². The summed E-state index contributed by atoms with van der Waals surface area (Å²) in [5, 5.41) is 22.0. The lowest BCUT2D eigenvalue weighted by Gasteiger charge is -2.43. The number of hydrogen-bond donors (Lipinski definition) is 3. The summed E-state index contributed by atoms with van der Waals surface area (Å²) in [6.45, 7) is 6.28. The number of hydrogen-bond acceptors (Lipinski definition) is 3. The molecular weight excluding hydrogens is 218 g/mol. The molecule has 0 spiro atoms. The molecule has 0 bridgehead atoms. The minimum absolute atomic E-state index is 0.0115. The quantitative estimate of drug-likeness (QED) is 0.687. The van der Waals surface area contributed by atoms with Crippen LogP contribution in [-0.4, -0.2) is 34.9 Å². The molecule has 3 atom stereocenters. The number of nitrogens with one attached hydrogen (secondary N) is 1. The maximum Gasteiger partial charge on any atom is 0.252 e. The number of aliphatic hydroxyl groups excluding tert-OH is 1. The highest BCUT2D eigenvalue weighted by molar-refractivity contribution is 5.85. The van der Waals surface area contributed by atoms with Crippen molar-refractivity contribution >= 4 is 5.91 Å². The van der Waals surface area contributed by atoms with Gasteiger partial charge < -0.3 is 15.5 Å². The smallest absolute Gasteiger partial charge is 0.252 e. The molecule has 0 unspecified atom stereocenters. The van der Waals surface area contributed by atoms with Crippen molar-refractivity contribution in [3.63, 3.8) is 0 Å². The fourth-order valence-corrected chi connectivity index (χ4v) is 2.96. The normalized spacial score (nSPS) is 33.8. The molecular formula is C13H25NO3. The second-order valence-electron chi connectivity index (χ2n) is 5.64. The molecule has 100 valence electrons. The van der Waals surface area contributed by atoms with Gasteiger partial charge in [0.15, 0.2) is 0 Å². The molecule has 1 amide bonds. The average Bonchev–Trinajstić information content (AvgIpc) is 2.25. The van der Waals surface area contributed by atoms with Crippen molar-refractivity contribution in [1.29, 1.82) is 0 Å². The lowest BCUT2D eigenvalue weighted by molar-refractivity contribution is -0.155. The van der Waals surface area contributed by atoms with E-state index in [0.717, 1.165) is 12.8 Å². The molecule has 1 saturated carbocycles. The van der Waals surface area contributed by atoms with Crippen LogP contribution >= 0.6 is 0 Å². The number of carbonyl (C=O) groups is 1. The first-order valence-electron chi connectivity index (χ1n) is 6.53. The maximum absolute atomic E-state index is 12.1. The van der Waals surface area contributed by atoms with E-state index in [4.69, 9.17) is 5.11 Å².